The Morgan fingerprint density at radius 2 is 2.10 bits per heavy atom. The lowest BCUT2D eigenvalue weighted by Gasteiger charge is -2.09. The van der Waals surface area contributed by atoms with Gasteiger partial charge in [0.2, 0.25) is 0 Å². The molecule has 21 heavy (non-hydrogen) atoms. The fraction of sp³-hybridized carbons (Fsp3) is 0.188. The van der Waals surface area contributed by atoms with E-state index >= 15 is 0 Å². The SMILES string of the molecule is CC(N)c1ccc(-n2c(CC#N)nc3ccccc32)cn1. The average Bonchev–Trinajstić information content (AvgIpc) is 2.85. The maximum atomic E-state index is 9.00. The molecule has 2 N–H and O–H groups in total. The van der Waals surface area contributed by atoms with Crippen molar-refractivity contribution in [3.63, 3.8) is 0 Å². The Bertz CT molecular complexity index is 809. The molecule has 2 aromatic heterocycles. The lowest BCUT2D eigenvalue weighted by molar-refractivity contribution is 0.778. The number of benzene rings is 1. The quantitative estimate of drug-likeness (QED) is 0.797. The summed E-state index contributed by atoms with van der Waals surface area (Å²) in [5.74, 6) is 0.717. The first-order valence-electron chi connectivity index (χ1n) is 6.76. The van der Waals surface area contributed by atoms with Crippen LogP contribution in [0.2, 0.25) is 0 Å². The number of hydrogen-bond donors (Lipinski definition) is 1. The van der Waals surface area contributed by atoms with E-state index in [1.807, 2.05) is 47.9 Å². The van der Waals surface area contributed by atoms with Crippen molar-refractivity contribution in [1.29, 1.82) is 5.26 Å². The topological polar surface area (TPSA) is 80.5 Å². The van der Waals surface area contributed by atoms with Gasteiger partial charge in [-0.15, -0.1) is 0 Å². The molecule has 0 amide bonds. The number of nitrogens with zero attached hydrogens (tertiary/aromatic N) is 4. The van der Waals surface area contributed by atoms with E-state index in [4.69, 9.17) is 11.0 Å². The van der Waals surface area contributed by atoms with Crippen molar-refractivity contribution < 1.29 is 0 Å². The summed E-state index contributed by atoms with van der Waals surface area (Å²) in [4.78, 5) is 8.91. The zero-order chi connectivity index (χ0) is 14.8. The Morgan fingerprint density at radius 1 is 1.29 bits per heavy atom. The van der Waals surface area contributed by atoms with Crippen molar-refractivity contribution in [1.82, 2.24) is 14.5 Å². The van der Waals surface area contributed by atoms with Gasteiger partial charge in [-0.25, -0.2) is 4.98 Å². The largest absolute Gasteiger partial charge is 0.323 e. The number of nitrogens with two attached hydrogens (primary N) is 1. The van der Waals surface area contributed by atoms with Gasteiger partial charge in [0.15, 0.2) is 0 Å². The van der Waals surface area contributed by atoms with E-state index in [9.17, 15) is 0 Å². The van der Waals surface area contributed by atoms with Crippen molar-refractivity contribution >= 4 is 11.0 Å². The molecule has 1 atom stereocenters. The minimum atomic E-state index is -0.0999. The minimum Gasteiger partial charge on any atom is -0.323 e. The number of pyridine rings is 1. The number of imidazole rings is 1. The van der Waals surface area contributed by atoms with Gasteiger partial charge in [-0.2, -0.15) is 5.26 Å². The third kappa shape index (κ3) is 2.37. The number of fused-ring (bicyclic) bond motifs is 1. The second kappa shape index (κ2) is 5.35. The Labute approximate surface area is 122 Å². The molecule has 0 fully saturated rings. The molecule has 1 aromatic carbocycles. The van der Waals surface area contributed by atoms with Crippen molar-refractivity contribution in [2.45, 2.75) is 19.4 Å². The van der Waals surface area contributed by atoms with Crippen LogP contribution in [0.4, 0.5) is 0 Å². The number of hydrogen-bond acceptors (Lipinski definition) is 4. The highest BCUT2D eigenvalue weighted by atomic mass is 15.1. The summed E-state index contributed by atoms with van der Waals surface area (Å²) >= 11 is 0. The molecule has 104 valence electrons. The maximum Gasteiger partial charge on any atom is 0.128 e. The standard InChI is InChI=1S/C16H15N5/c1-11(18)13-7-6-12(10-19-13)21-15-5-3-2-4-14(15)20-16(21)8-9-17/h2-7,10-11H,8,18H2,1H3. The smallest absolute Gasteiger partial charge is 0.128 e. The molecular weight excluding hydrogens is 262 g/mol. The zero-order valence-corrected chi connectivity index (χ0v) is 11.7. The lowest BCUT2D eigenvalue weighted by Crippen LogP contribution is -2.08. The summed E-state index contributed by atoms with van der Waals surface area (Å²) in [6, 6.07) is 13.8. The van der Waals surface area contributed by atoms with Crippen molar-refractivity contribution in [3.05, 3.63) is 54.1 Å². The molecule has 3 rings (SSSR count). The first-order valence-corrected chi connectivity index (χ1v) is 6.76. The van der Waals surface area contributed by atoms with E-state index in [0.29, 0.717) is 5.82 Å². The van der Waals surface area contributed by atoms with Crippen molar-refractivity contribution in [2.24, 2.45) is 5.73 Å². The molecule has 0 bridgehead atoms. The van der Waals surface area contributed by atoms with E-state index in [-0.39, 0.29) is 12.5 Å². The number of aromatic nitrogens is 3. The van der Waals surface area contributed by atoms with Gasteiger partial charge in [0, 0.05) is 6.04 Å². The third-order valence-corrected chi connectivity index (χ3v) is 3.36. The van der Waals surface area contributed by atoms with E-state index in [2.05, 4.69) is 16.0 Å². The Kier molecular flexibility index (Phi) is 3.38. The molecule has 0 spiro atoms. The van der Waals surface area contributed by atoms with Crippen LogP contribution in [0.1, 0.15) is 24.5 Å². The molecule has 5 heteroatoms. The van der Waals surface area contributed by atoms with Gasteiger partial charge in [0.25, 0.3) is 0 Å². The van der Waals surface area contributed by atoms with Gasteiger partial charge in [-0.3, -0.25) is 9.55 Å². The van der Waals surface area contributed by atoms with Gasteiger partial charge < -0.3 is 5.73 Å². The van der Waals surface area contributed by atoms with Gasteiger partial charge in [0.05, 0.1) is 41.1 Å². The van der Waals surface area contributed by atoms with Gasteiger partial charge in [0.1, 0.15) is 5.82 Å². The molecule has 0 saturated heterocycles. The van der Waals surface area contributed by atoms with Crippen LogP contribution in [0.5, 0.6) is 0 Å². The van der Waals surface area contributed by atoms with Crippen LogP contribution >= 0.6 is 0 Å². The fourth-order valence-electron chi connectivity index (χ4n) is 2.35. The van der Waals surface area contributed by atoms with Crippen LogP contribution in [0, 0.1) is 11.3 Å². The second-order valence-corrected chi connectivity index (χ2v) is 4.92. The normalized spacial score (nSPS) is 12.2. The minimum absolute atomic E-state index is 0.0999. The first-order chi connectivity index (χ1) is 10.2. The monoisotopic (exact) mass is 277 g/mol. The predicted octanol–water partition coefficient (Wildman–Crippen LogP) is 2.51. The van der Waals surface area contributed by atoms with Gasteiger partial charge in [-0.1, -0.05) is 12.1 Å². The fourth-order valence-corrected chi connectivity index (χ4v) is 2.35. The first kappa shape index (κ1) is 13.3. The zero-order valence-electron chi connectivity index (χ0n) is 11.7. The van der Waals surface area contributed by atoms with E-state index in [1.54, 1.807) is 6.20 Å². The molecule has 0 saturated carbocycles. The summed E-state index contributed by atoms with van der Waals surface area (Å²) in [5.41, 5.74) is 9.40. The molecule has 0 aliphatic rings. The lowest BCUT2D eigenvalue weighted by atomic mass is 10.2. The Morgan fingerprint density at radius 3 is 2.76 bits per heavy atom. The molecule has 1 unspecified atom stereocenters. The third-order valence-electron chi connectivity index (χ3n) is 3.36. The number of rotatable bonds is 3. The van der Waals surface area contributed by atoms with Crippen LogP contribution in [0.3, 0.4) is 0 Å². The molecule has 0 radical (unpaired) electrons. The summed E-state index contributed by atoms with van der Waals surface area (Å²) in [7, 11) is 0. The van der Waals surface area contributed by atoms with Crippen molar-refractivity contribution in [3.8, 4) is 11.8 Å². The Hall–Kier alpha value is -2.71. The van der Waals surface area contributed by atoms with Crippen LogP contribution in [0.25, 0.3) is 16.7 Å². The van der Waals surface area contributed by atoms with E-state index < -0.39 is 0 Å². The van der Waals surface area contributed by atoms with Crippen LogP contribution < -0.4 is 5.73 Å². The summed E-state index contributed by atoms with van der Waals surface area (Å²) in [5, 5.41) is 9.00. The van der Waals surface area contributed by atoms with Crippen LogP contribution in [0.15, 0.2) is 42.6 Å². The summed E-state index contributed by atoms with van der Waals surface area (Å²) < 4.78 is 1.97. The summed E-state index contributed by atoms with van der Waals surface area (Å²) in [6.45, 7) is 1.90. The highest BCUT2D eigenvalue weighted by Crippen LogP contribution is 2.22. The molecule has 5 nitrogen and oxygen atoms in total. The predicted molar refractivity (Wildman–Crippen MR) is 80.8 cm³/mol. The maximum absolute atomic E-state index is 9.00. The van der Waals surface area contributed by atoms with Gasteiger partial charge >= 0.3 is 0 Å². The van der Waals surface area contributed by atoms with Crippen LogP contribution in [-0.4, -0.2) is 14.5 Å². The highest BCUT2D eigenvalue weighted by molar-refractivity contribution is 5.78. The van der Waals surface area contributed by atoms with E-state index in [1.165, 1.54) is 0 Å². The number of para-hydroxylation sites is 2. The van der Waals surface area contributed by atoms with E-state index in [0.717, 1.165) is 22.4 Å². The highest BCUT2D eigenvalue weighted by Gasteiger charge is 2.12. The molecule has 3 aromatic rings. The molecular formula is C16H15N5. The van der Waals surface area contributed by atoms with Crippen molar-refractivity contribution in [2.75, 3.05) is 0 Å². The average molecular weight is 277 g/mol. The van der Waals surface area contributed by atoms with Gasteiger partial charge in [-0.05, 0) is 31.2 Å². The molecule has 2 heterocycles. The Balaban J connectivity index is 2.18. The second-order valence-electron chi connectivity index (χ2n) is 4.92. The molecule has 0 aliphatic heterocycles. The van der Waals surface area contributed by atoms with Crippen LogP contribution in [-0.2, 0) is 6.42 Å². The summed E-state index contributed by atoms with van der Waals surface area (Å²) in [6.07, 6.45) is 2.03. The molecule has 0 aliphatic carbocycles. The number of nitriles is 1.